The van der Waals surface area contributed by atoms with Crippen LogP contribution < -0.4 is 15.1 Å². The fraction of sp³-hybridized carbons (Fsp3) is 0.296. The summed E-state index contributed by atoms with van der Waals surface area (Å²) in [6.45, 7) is 5.13. The maximum absolute atomic E-state index is 13.5. The fourth-order valence-corrected chi connectivity index (χ4v) is 4.59. The van der Waals surface area contributed by atoms with Gasteiger partial charge in [-0.05, 0) is 44.2 Å². The number of halogens is 3. The minimum absolute atomic E-state index is 0.00104. The van der Waals surface area contributed by atoms with E-state index < -0.39 is 23.6 Å². The second-order valence-corrected chi connectivity index (χ2v) is 8.83. The van der Waals surface area contributed by atoms with E-state index in [1.807, 2.05) is 24.3 Å². The van der Waals surface area contributed by atoms with Gasteiger partial charge in [0.15, 0.2) is 0 Å². The van der Waals surface area contributed by atoms with Crippen molar-refractivity contribution in [2.75, 3.05) is 38.2 Å². The van der Waals surface area contributed by atoms with E-state index in [4.69, 9.17) is 4.74 Å². The molecule has 8 nitrogen and oxygen atoms in total. The molecule has 11 heteroatoms. The zero-order chi connectivity index (χ0) is 27.4. The Balaban J connectivity index is 1.39. The number of aromatic nitrogens is 1. The van der Waals surface area contributed by atoms with Crippen LogP contribution in [0.25, 0.3) is 5.69 Å². The number of rotatable bonds is 5. The Hall–Kier alpha value is -4.28. The summed E-state index contributed by atoms with van der Waals surface area (Å²) in [5.41, 5.74) is 3.99. The molecule has 3 aromatic rings. The third-order valence-electron chi connectivity index (χ3n) is 6.48. The number of amides is 2. The third-order valence-corrected chi connectivity index (χ3v) is 6.48. The molecule has 0 aliphatic carbocycles. The lowest BCUT2D eigenvalue weighted by Crippen LogP contribution is -2.52. The average Bonchev–Trinajstić information content (AvgIpc) is 3.20. The maximum Gasteiger partial charge on any atom is 0.418 e. The molecule has 0 radical (unpaired) electrons. The minimum atomic E-state index is -4.51. The van der Waals surface area contributed by atoms with Crippen LogP contribution in [-0.2, 0) is 15.8 Å². The largest absolute Gasteiger partial charge is 0.495 e. The van der Waals surface area contributed by atoms with Crippen LogP contribution in [0.4, 0.5) is 18.9 Å². The van der Waals surface area contributed by atoms with E-state index >= 15 is 0 Å². The van der Waals surface area contributed by atoms with Gasteiger partial charge < -0.3 is 19.1 Å². The summed E-state index contributed by atoms with van der Waals surface area (Å²) < 4.78 is 47.5. The molecule has 0 atom stereocenters. The van der Waals surface area contributed by atoms with Gasteiger partial charge in [-0.15, -0.1) is 0 Å². The Bertz CT molecular complexity index is 1360. The number of aryl methyl sites for hydroxylation is 1. The first-order chi connectivity index (χ1) is 18.1. The van der Waals surface area contributed by atoms with Gasteiger partial charge in [0, 0.05) is 43.1 Å². The molecule has 1 aliphatic rings. The molecule has 2 heterocycles. The van der Waals surface area contributed by atoms with Gasteiger partial charge >= 0.3 is 18.0 Å². The molecule has 0 spiro atoms. The zero-order valence-electron chi connectivity index (χ0n) is 21.2. The summed E-state index contributed by atoms with van der Waals surface area (Å²) in [5, 5.41) is 3.89. The number of para-hydroxylation sites is 3. The maximum atomic E-state index is 13.5. The Labute approximate surface area is 218 Å². The van der Waals surface area contributed by atoms with Crippen LogP contribution in [0.15, 0.2) is 59.7 Å². The number of anilines is 1. The predicted octanol–water partition coefficient (Wildman–Crippen LogP) is 3.92. The number of piperazine rings is 1. The first-order valence-electron chi connectivity index (χ1n) is 12.0. The molecule has 1 N–H and O–H groups in total. The summed E-state index contributed by atoms with van der Waals surface area (Å²) >= 11 is 0. The topological polar surface area (TPSA) is 79.2 Å². The van der Waals surface area contributed by atoms with Gasteiger partial charge in [-0.25, -0.2) is 5.43 Å². The lowest BCUT2D eigenvalue weighted by Gasteiger charge is -2.36. The highest BCUT2D eigenvalue weighted by Crippen LogP contribution is 2.35. The van der Waals surface area contributed by atoms with Crippen molar-refractivity contribution in [2.45, 2.75) is 20.0 Å². The normalized spacial score (nSPS) is 14.2. The summed E-state index contributed by atoms with van der Waals surface area (Å²) in [5.74, 6) is -0.852. The van der Waals surface area contributed by atoms with Gasteiger partial charge in [0.2, 0.25) is 0 Å². The van der Waals surface area contributed by atoms with Gasteiger partial charge in [0.25, 0.3) is 0 Å². The van der Waals surface area contributed by atoms with Crippen molar-refractivity contribution in [2.24, 2.45) is 5.10 Å². The van der Waals surface area contributed by atoms with Crippen LogP contribution in [0.5, 0.6) is 5.75 Å². The van der Waals surface area contributed by atoms with Crippen LogP contribution in [0.2, 0.25) is 0 Å². The van der Waals surface area contributed by atoms with Crippen molar-refractivity contribution in [1.82, 2.24) is 14.9 Å². The molecule has 0 bridgehead atoms. The van der Waals surface area contributed by atoms with Crippen LogP contribution in [0.1, 0.15) is 22.5 Å². The van der Waals surface area contributed by atoms with Crippen LogP contribution >= 0.6 is 0 Å². The van der Waals surface area contributed by atoms with Crippen molar-refractivity contribution < 1.29 is 27.5 Å². The van der Waals surface area contributed by atoms with Crippen molar-refractivity contribution in [3.05, 3.63) is 77.1 Å². The minimum Gasteiger partial charge on any atom is -0.495 e. The quantitative estimate of drug-likeness (QED) is 0.310. The van der Waals surface area contributed by atoms with E-state index in [0.717, 1.165) is 17.5 Å². The Morgan fingerprint density at radius 1 is 0.974 bits per heavy atom. The van der Waals surface area contributed by atoms with Crippen LogP contribution in [-0.4, -0.2) is 60.8 Å². The van der Waals surface area contributed by atoms with E-state index in [1.165, 1.54) is 27.8 Å². The number of carbonyl (C=O) groups excluding carboxylic acids is 2. The fourth-order valence-electron chi connectivity index (χ4n) is 4.59. The average molecular weight is 528 g/mol. The van der Waals surface area contributed by atoms with Crippen LogP contribution in [0, 0.1) is 13.8 Å². The summed E-state index contributed by atoms with van der Waals surface area (Å²) in [4.78, 5) is 28.6. The smallest absolute Gasteiger partial charge is 0.418 e. The monoisotopic (exact) mass is 527 g/mol. The zero-order valence-corrected chi connectivity index (χ0v) is 21.2. The number of hydrogen-bond donors (Lipinski definition) is 1. The number of carbonyl (C=O) groups is 2. The molecular weight excluding hydrogens is 499 g/mol. The van der Waals surface area contributed by atoms with Crippen LogP contribution in [0.3, 0.4) is 0 Å². The third kappa shape index (κ3) is 5.51. The van der Waals surface area contributed by atoms with Crippen molar-refractivity contribution in [3.63, 3.8) is 0 Å². The lowest BCUT2D eigenvalue weighted by atomic mass is 10.1. The van der Waals surface area contributed by atoms with Gasteiger partial charge in [0.05, 0.1) is 30.3 Å². The van der Waals surface area contributed by atoms with E-state index in [0.29, 0.717) is 43.1 Å². The Morgan fingerprint density at radius 3 is 2.26 bits per heavy atom. The molecule has 4 rings (SSSR count). The van der Waals surface area contributed by atoms with Crippen molar-refractivity contribution in [1.29, 1.82) is 0 Å². The number of benzene rings is 2. The number of nitrogens with one attached hydrogen (secondary N) is 1. The van der Waals surface area contributed by atoms with Crippen molar-refractivity contribution in [3.8, 4) is 11.4 Å². The molecule has 1 fully saturated rings. The molecule has 2 amide bonds. The second-order valence-electron chi connectivity index (χ2n) is 8.83. The SMILES string of the molecule is COc1ccccc1N1CCN(C(=O)C(=O)N/N=C\c2cc(C)n(-c3ccccc3C(F)(F)F)c2C)CC1. The predicted molar refractivity (Wildman–Crippen MR) is 138 cm³/mol. The molecule has 2 aromatic carbocycles. The number of hydrazone groups is 1. The van der Waals surface area contributed by atoms with Gasteiger partial charge in [-0.2, -0.15) is 18.3 Å². The highest BCUT2D eigenvalue weighted by molar-refractivity contribution is 6.35. The number of methoxy groups -OCH3 is 1. The van der Waals surface area contributed by atoms with Gasteiger partial charge in [0.1, 0.15) is 5.75 Å². The molecular formula is C27H28F3N5O3. The number of alkyl halides is 3. The first kappa shape index (κ1) is 26.8. The molecule has 1 saturated heterocycles. The van der Waals surface area contributed by atoms with Gasteiger partial charge in [-0.3, -0.25) is 9.59 Å². The number of ether oxygens (including phenoxy) is 1. The highest BCUT2D eigenvalue weighted by Gasteiger charge is 2.34. The van der Waals surface area contributed by atoms with E-state index in [1.54, 1.807) is 33.1 Å². The molecule has 38 heavy (non-hydrogen) atoms. The van der Waals surface area contributed by atoms with Crippen molar-refractivity contribution >= 4 is 23.7 Å². The van der Waals surface area contributed by atoms with E-state index in [2.05, 4.69) is 15.4 Å². The highest BCUT2D eigenvalue weighted by atomic mass is 19.4. The first-order valence-corrected chi connectivity index (χ1v) is 12.0. The van der Waals surface area contributed by atoms with Gasteiger partial charge in [-0.1, -0.05) is 24.3 Å². The molecule has 1 aliphatic heterocycles. The number of hydrogen-bond acceptors (Lipinski definition) is 5. The summed E-state index contributed by atoms with van der Waals surface area (Å²) in [6.07, 6.45) is -3.19. The Kier molecular flexibility index (Phi) is 7.75. The number of nitrogens with zero attached hydrogens (tertiary/aromatic N) is 4. The standard InChI is InChI=1S/C27H28F3N5O3/c1-18-16-20(19(2)35(18)22-9-5-4-8-21(22)27(28,29)30)17-31-32-25(36)26(37)34-14-12-33(13-15-34)23-10-6-7-11-24(23)38-3/h4-11,16-17H,12-15H2,1-3H3,(H,32,36)/b31-17-. The summed E-state index contributed by atoms with van der Waals surface area (Å²) in [7, 11) is 1.60. The molecule has 0 unspecified atom stereocenters. The van der Waals surface area contributed by atoms with E-state index in [9.17, 15) is 22.8 Å². The van der Waals surface area contributed by atoms with E-state index in [-0.39, 0.29) is 5.69 Å². The lowest BCUT2D eigenvalue weighted by molar-refractivity contribution is -0.146. The molecule has 1 aromatic heterocycles. The Morgan fingerprint density at radius 2 is 1.61 bits per heavy atom. The second kappa shape index (κ2) is 11.0. The molecule has 0 saturated carbocycles. The molecule has 200 valence electrons. The summed E-state index contributed by atoms with van der Waals surface area (Å²) in [6, 6.07) is 14.6.